The molecule has 0 bridgehead atoms. The lowest BCUT2D eigenvalue weighted by atomic mass is 9.97. The second-order valence-corrected chi connectivity index (χ2v) is 5.06. The van der Waals surface area contributed by atoms with Gasteiger partial charge < -0.3 is 10.4 Å². The molecule has 0 aromatic carbocycles. The number of nitrogens with one attached hydrogen (secondary N) is 1. The fourth-order valence-corrected chi connectivity index (χ4v) is 2.85. The average Bonchev–Trinajstić information content (AvgIpc) is 2.90. The van der Waals surface area contributed by atoms with Crippen LogP contribution in [0.4, 0.5) is 5.82 Å². The summed E-state index contributed by atoms with van der Waals surface area (Å²) in [7, 11) is 1.84. The summed E-state index contributed by atoms with van der Waals surface area (Å²) in [5.74, 6) is 1.69. The van der Waals surface area contributed by atoms with Crippen molar-refractivity contribution in [3.05, 3.63) is 11.3 Å². The maximum atomic E-state index is 9.30. The van der Waals surface area contributed by atoms with E-state index in [1.54, 1.807) is 4.68 Å². The second-order valence-electron chi connectivity index (χ2n) is 5.06. The van der Waals surface area contributed by atoms with Crippen molar-refractivity contribution in [2.24, 2.45) is 18.9 Å². The molecule has 1 aromatic heterocycles. The molecule has 2 rings (SSSR count). The number of aliphatic hydroxyl groups excluding tert-OH is 1. The molecule has 1 saturated carbocycles. The van der Waals surface area contributed by atoms with E-state index in [0.717, 1.165) is 30.9 Å². The quantitative estimate of drug-likeness (QED) is 0.845. The summed E-state index contributed by atoms with van der Waals surface area (Å²) >= 11 is 0. The number of rotatable bonds is 4. The van der Waals surface area contributed by atoms with Gasteiger partial charge in [-0.15, -0.1) is 0 Å². The number of aromatic nitrogens is 2. The first-order chi connectivity index (χ1) is 8.67. The van der Waals surface area contributed by atoms with E-state index in [1.165, 1.54) is 6.42 Å². The monoisotopic (exact) mass is 248 g/mol. The Bertz CT molecular complexity index is 460. The molecule has 1 aliphatic rings. The molecule has 18 heavy (non-hydrogen) atoms. The summed E-state index contributed by atoms with van der Waals surface area (Å²) in [4.78, 5) is 0. The summed E-state index contributed by atoms with van der Waals surface area (Å²) in [6.07, 6.45) is 3.45. The average molecular weight is 248 g/mol. The molecule has 0 radical (unpaired) electrons. The van der Waals surface area contributed by atoms with Crippen molar-refractivity contribution in [2.75, 3.05) is 18.5 Å². The first-order valence-corrected chi connectivity index (χ1v) is 6.45. The fraction of sp³-hybridized carbons (Fsp3) is 0.692. The SMILES string of the molecule is Cc1nn(C)c(NCC2CCCC2CO)c1C#N. The Morgan fingerprint density at radius 2 is 2.22 bits per heavy atom. The van der Waals surface area contributed by atoms with Crippen LogP contribution in [0.25, 0.3) is 0 Å². The van der Waals surface area contributed by atoms with Crippen LogP contribution >= 0.6 is 0 Å². The van der Waals surface area contributed by atoms with Gasteiger partial charge in [-0.25, -0.2) is 0 Å². The topological polar surface area (TPSA) is 73.9 Å². The lowest BCUT2D eigenvalue weighted by molar-refractivity contribution is 0.199. The number of aliphatic hydroxyl groups is 1. The molecule has 0 amide bonds. The van der Waals surface area contributed by atoms with E-state index in [0.29, 0.717) is 17.4 Å². The normalized spacial score (nSPS) is 23.0. The highest BCUT2D eigenvalue weighted by molar-refractivity contribution is 5.54. The van der Waals surface area contributed by atoms with Crippen LogP contribution in [0.3, 0.4) is 0 Å². The van der Waals surface area contributed by atoms with Gasteiger partial charge in [0.2, 0.25) is 0 Å². The first kappa shape index (κ1) is 12.9. The largest absolute Gasteiger partial charge is 0.396 e. The summed E-state index contributed by atoms with van der Waals surface area (Å²) < 4.78 is 1.72. The number of nitrogens with zero attached hydrogens (tertiary/aromatic N) is 3. The van der Waals surface area contributed by atoms with Gasteiger partial charge in [-0.1, -0.05) is 6.42 Å². The van der Waals surface area contributed by atoms with Crippen LogP contribution < -0.4 is 5.32 Å². The molecule has 1 heterocycles. The van der Waals surface area contributed by atoms with E-state index in [-0.39, 0.29) is 6.61 Å². The summed E-state index contributed by atoms with van der Waals surface area (Å²) in [6.45, 7) is 2.91. The molecular formula is C13H20N4O. The molecular weight excluding hydrogens is 228 g/mol. The highest BCUT2D eigenvalue weighted by atomic mass is 16.3. The smallest absolute Gasteiger partial charge is 0.142 e. The third kappa shape index (κ3) is 2.34. The Morgan fingerprint density at radius 3 is 2.89 bits per heavy atom. The zero-order valence-corrected chi connectivity index (χ0v) is 11.0. The molecule has 2 unspecified atom stereocenters. The summed E-state index contributed by atoms with van der Waals surface area (Å²) in [5.41, 5.74) is 1.38. The minimum atomic E-state index is 0.266. The van der Waals surface area contributed by atoms with E-state index in [1.807, 2.05) is 14.0 Å². The summed E-state index contributed by atoms with van der Waals surface area (Å²) in [6, 6.07) is 2.19. The van der Waals surface area contributed by atoms with Crippen molar-refractivity contribution in [3.63, 3.8) is 0 Å². The van der Waals surface area contributed by atoms with Gasteiger partial charge in [0.05, 0.1) is 5.69 Å². The predicted octanol–water partition coefficient (Wildman–Crippen LogP) is 1.42. The second kappa shape index (κ2) is 5.40. The Kier molecular flexibility index (Phi) is 3.87. The van der Waals surface area contributed by atoms with Crippen LogP contribution in [0, 0.1) is 30.1 Å². The van der Waals surface area contributed by atoms with Gasteiger partial charge in [0.25, 0.3) is 0 Å². The van der Waals surface area contributed by atoms with E-state index in [9.17, 15) is 5.11 Å². The fourth-order valence-electron chi connectivity index (χ4n) is 2.85. The number of aryl methyl sites for hydroxylation is 2. The van der Waals surface area contributed by atoms with Gasteiger partial charge >= 0.3 is 0 Å². The highest BCUT2D eigenvalue weighted by Gasteiger charge is 2.26. The highest BCUT2D eigenvalue weighted by Crippen LogP contribution is 2.31. The van der Waals surface area contributed by atoms with Gasteiger partial charge in [0.15, 0.2) is 0 Å². The van der Waals surface area contributed by atoms with Gasteiger partial charge in [0, 0.05) is 20.2 Å². The number of hydrogen-bond acceptors (Lipinski definition) is 4. The lowest BCUT2D eigenvalue weighted by Crippen LogP contribution is -2.22. The van der Waals surface area contributed by atoms with Crippen LogP contribution in [0.1, 0.15) is 30.5 Å². The van der Waals surface area contributed by atoms with Crippen LogP contribution in [-0.4, -0.2) is 28.0 Å². The maximum absolute atomic E-state index is 9.30. The van der Waals surface area contributed by atoms with Crippen LogP contribution in [0.5, 0.6) is 0 Å². The van der Waals surface area contributed by atoms with Gasteiger partial charge in [-0.2, -0.15) is 10.4 Å². The number of anilines is 1. The standard InChI is InChI=1S/C13H20N4O/c1-9-12(6-14)13(17(2)16-9)15-7-10-4-3-5-11(10)8-18/h10-11,15,18H,3-5,7-8H2,1-2H3. The molecule has 2 atom stereocenters. The Hall–Kier alpha value is -1.54. The van der Waals surface area contributed by atoms with Crippen molar-refractivity contribution in [1.29, 1.82) is 5.26 Å². The molecule has 1 fully saturated rings. The van der Waals surface area contributed by atoms with E-state index < -0.39 is 0 Å². The maximum Gasteiger partial charge on any atom is 0.142 e. The van der Waals surface area contributed by atoms with E-state index in [2.05, 4.69) is 16.5 Å². The molecule has 0 spiro atoms. The van der Waals surface area contributed by atoms with E-state index >= 15 is 0 Å². The van der Waals surface area contributed by atoms with Gasteiger partial charge in [-0.05, 0) is 31.6 Å². The first-order valence-electron chi connectivity index (χ1n) is 6.45. The predicted molar refractivity (Wildman–Crippen MR) is 69.1 cm³/mol. The van der Waals surface area contributed by atoms with Crippen molar-refractivity contribution in [2.45, 2.75) is 26.2 Å². The van der Waals surface area contributed by atoms with Gasteiger partial charge in [0.1, 0.15) is 17.5 Å². The van der Waals surface area contributed by atoms with Crippen molar-refractivity contribution in [3.8, 4) is 6.07 Å². The Balaban J connectivity index is 2.04. The molecule has 2 N–H and O–H groups in total. The minimum Gasteiger partial charge on any atom is -0.396 e. The van der Waals surface area contributed by atoms with Crippen LogP contribution in [0.2, 0.25) is 0 Å². The zero-order chi connectivity index (χ0) is 13.1. The molecule has 0 saturated heterocycles. The number of hydrogen-bond donors (Lipinski definition) is 2. The third-order valence-corrected chi connectivity index (χ3v) is 3.92. The molecule has 98 valence electrons. The molecule has 1 aliphatic carbocycles. The van der Waals surface area contributed by atoms with Crippen molar-refractivity contribution < 1.29 is 5.11 Å². The van der Waals surface area contributed by atoms with Crippen molar-refractivity contribution in [1.82, 2.24) is 9.78 Å². The van der Waals surface area contributed by atoms with Crippen molar-refractivity contribution >= 4 is 5.82 Å². The van der Waals surface area contributed by atoms with Crippen LogP contribution in [0.15, 0.2) is 0 Å². The third-order valence-electron chi connectivity index (χ3n) is 3.92. The molecule has 1 aromatic rings. The molecule has 0 aliphatic heterocycles. The summed E-state index contributed by atoms with van der Waals surface area (Å²) in [5, 5.41) is 26.0. The minimum absolute atomic E-state index is 0.266. The van der Waals surface area contributed by atoms with Crippen LogP contribution in [-0.2, 0) is 7.05 Å². The van der Waals surface area contributed by atoms with Gasteiger partial charge in [-0.3, -0.25) is 4.68 Å². The Labute approximate surface area is 107 Å². The number of nitriles is 1. The molecule has 5 heteroatoms. The molecule has 5 nitrogen and oxygen atoms in total. The Morgan fingerprint density at radius 1 is 1.50 bits per heavy atom. The lowest BCUT2D eigenvalue weighted by Gasteiger charge is -2.18. The van der Waals surface area contributed by atoms with E-state index in [4.69, 9.17) is 5.26 Å². The zero-order valence-electron chi connectivity index (χ0n) is 11.0.